The molecule has 1 saturated carbocycles. The summed E-state index contributed by atoms with van der Waals surface area (Å²) in [5.41, 5.74) is 4.90. The average molecular weight is 669 g/mol. The topological polar surface area (TPSA) is 90.0 Å². The van der Waals surface area contributed by atoms with Gasteiger partial charge in [0.25, 0.3) is 15.9 Å². The molecule has 4 aromatic carbocycles. The van der Waals surface area contributed by atoms with Crippen LogP contribution in [0.4, 0.5) is 11.4 Å². The molecule has 3 aliphatic heterocycles. The van der Waals surface area contributed by atoms with Crippen LogP contribution in [0.5, 0.6) is 0 Å². The van der Waals surface area contributed by atoms with Gasteiger partial charge in [-0.15, -0.1) is 0 Å². The summed E-state index contributed by atoms with van der Waals surface area (Å²) in [6.45, 7) is 6.39. The van der Waals surface area contributed by atoms with Crippen LogP contribution in [0.2, 0.25) is 5.02 Å². The minimum atomic E-state index is -4.14. The van der Waals surface area contributed by atoms with Crippen LogP contribution in [-0.4, -0.2) is 57.9 Å². The summed E-state index contributed by atoms with van der Waals surface area (Å²) in [5, 5.41) is 0.708. The molecule has 242 valence electrons. The Labute approximate surface area is 281 Å². The number of para-hydroxylation sites is 1. The number of nitrogens with zero attached hydrogens (tertiary/aromatic N) is 3. The number of hydrogen-bond donors (Lipinski definition) is 1. The molecule has 8 nitrogen and oxygen atoms in total. The molecule has 0 spiro atoms. The number of halogens is 1. The zero-order valence-corrected chi connectivity index (χ0v) is 27.8. The third-order valence-electron chi connectivity index (χ3n) is 9.79. The zero-order chi connectivity index (χ0) is 32.8. The lowest BCUT2D eigenvalue weighted by atomic mass is 9.59. The molecule has 47 heavy (non-hydrogen) atoms. The van der Waals surface area contributed by atoms with Gasteiger partial charge in [-0.05, 0) is 84.0 Å². The van der Waals surface area contributed by atoms with Crippen molar-refractivity contribution in [1.29, 1.82) is 0 Å². The third-order valence-corrected chi connectivity index (χ3v) is 11.4. The van der Waals surface area contributed by atoms with E-state index in [1.54, 1.807) is 29.2 Å². The molecule has 0 radical (unpaired) electrons. The predicted molar refractivity (Wildman–Crippen MR) is 185 cm³/mol. The van der Waals surface area contributed by atoms with Crippen molar-refractivity contribution in [2.45, 2.75) is 31.2 Å². The fourth-order valence-corrected chi connectivity index (χ4v) is 8.44. The summed E-state index contributed by atoms with van der Waals surface area (Å²) in [4.78, 5) is 32.6. The first-order valence-electron chi connectivity index (χ1n) is 16.0. The Bertz CT molecular complexity index is 1920. The first-order chi connectivity index (χ1) is 22.6. The molecule has 2 amide bonds. The van der Waals surface area contributed by atoms with Gasteiger partial charge < -0.3 is 9.80 Å². The molecule has 1 N–H and O–H groups in total. The van der Waals surface area contributed by atoms with Crippen LogP contribution in [0, 0.1) is 11.3 Å². The standard InChI is InChI=1S/C37H37ClN4O4S/c1-37-22-26(23-37)24-42(36(37)44)30-14-16-31(17-15-30)47(45,46)39-35(43)33-8-4-5-9-34(33)41-20-18-40(19-21-41)25-28-6-2-3-7-32(28)27-10-12-29(38)13-11-27/h2-17,26H,18-25H2,1H3,(H,39,43). The average Bonchev–Trinajstić information content (AvgIpc) is 3.06. The van der Waals surface area contributed by atoms with Crippen molar-refractivity contribution in [1.82, 2.24) is 9.62 Å². The molecule has 4 aromatic rings. The van der Waals surface area contributed by atoms with E-state index >= 15 is 0 Å². The normalized spacial score (nSPS) is 21.3. The fraction of sp³-hybridized carbons (Fsp3) is 0.297. The first kappa shape index (κ1) is 31.4. The second-order valence-electron chi connectivity index (χ2n) is 13.1. The van der Waals surface area contributed by atoms with Gasteiger partial charge in [0.2, 0.25) is 5.91 Å². The number of anilines is 2. The van der Waals surface area contributed by atoms with E-state index in [9.17, 15) is 18.0 Å². The van der Waals surface area contributed by atoms with Crippen molar-refractivity contribution in [2.24, 2.45) is 11.3 Å². The number of piperidine rings is 2. The lowest BCUT2D eigenvalue weighted by Crippen LogP contribution is -2.59. The lowest BCUT2D eigenvalue weighted by molar-refractivity contribution is -0.139. The van der Waals surface area contributed by atoms with Crippen LogP contribution in [0.15, 0.2) is 102 Å². The van der Waals surface area contributed by atoms with Crippen molar-refractivity contribution < 1.29 is 18.0 Å². The van der Waals surface area contributed by atoms with E-state index in [4.69, 9.17) is 11.6 Å². The summed E-state index contributed by atoms with van der Waals surface area (Å²) >= 11 is 6.11. The van der Waals surface area contributed by atoms with Crippen LogP contribution in [0.1, 0.15) is 35.7 Å². The summed E-state index contributed by atoms with van der Waals surface area (Å²) in [6.07, 6.45) is 1.83. The van der Waals surface area contributed by atoms with Gasteiger partial charge in [-0.3, -0.25) is 14.5 Å². The fourth-order valence-electron chi connectivity index (χ4n) is 7.35. The SMILES string of the molecule is CC12CC(CN(c3ccc(S(=O)(=O)NC(=O)c4ccccc4N4CCN(Cc5ccccc5-c5ccc(Cl)cc5)CC4)cc3)C1=O)C2. The van der Waals surface area contributed by atoms with Gasteiger partial charge >= 0.3 is 0 Å². The Morgan fingerprint density at radius 3 is 2.26 bits per heavy atom. The third kappa shape index (κ3) is 6.27. The molecule has 0 aromatic heterocycles. The van der Waals surface area contributed by atoms with Crippen LogP contribution >= 0.6 is 11.6 Å². The number of sulfonamides is 1. The molecule has 10 heteroatoms. The zero-order valence-electron chi connectivity index (χ0n) is 26.2. The maximum atomic E-state index is 13.4. The van der Waals surface area contributed by atoms with E-state index in [0.717, 1.165) is 38.0 Å². The Balaban J connectivity index is 1.00. The van der Waals surface area contributed by atoms with Crippen molar-refractivity contribution in [3.8, 4) is 11.1 Å². The first-order valence-corrected chi connectivity index (χ1v) is 17.9. The molecule has 4 fully saturated rings. The van der Waals surface area contributed by atoms with E-state index in [1.165, 1.54) is 23.3 Å². The molecule has 2 bridgehead atoms. The Hall–Kier alpha value is -4.18. The molecule has 4 aliphatic rings. The van der Waals surface area contributed by atoms with Crippen LogP contribution < -0.4 is 14.5 Å². The summed E-state index contributed by atoms with van der Waals surface area (Å²) in [5.74, 6) is -0.104. The summed E-state index contributed by atoms with van der Waals surface area (Å²) < 4.78 is 28.8. The number of amides is 2. The number of rotatable bonds is 8. The highest BCUT2D eigenvalue weighted by molar-refractivity contribution is 7.90. The smallest absolute Gasteiger partial charge is 0.267 e. The Morgan fingerprint density at radius 2 is 1.53 bits per heavy atom. The predicted octanol–water partition coefficient (Wildman–Crippen LogP) is 6.21. The van der Waals surface area contributed by atoms with Gasteiger partial charge in [-0.25, -0.2) is 13.1 Å². The molecular weight excluding hydrogens is 632 g/mol. The molecule has 0 atom stereocenters. The second kappa shape index (κ2) is 12.4. The van der Waals surface area contributed by atoms with Gasteiger partial charge in [0.15, 0.2) is 0 Å². The quantitative estimate of drug-likeness (QED) is 0.240. The molecule has 1 aliphatic carbocycles. The van der Waals surface area contributed by atoms with Crippen LogP contribution in [0.3, 0.4) is 0 Å². The summed E-state index contributed by atoms with van der Waals surface area (Å²) in [7, 11) is -4.14. The van der Waals surface area contributed by atoms with Crippen molar-refractivity contribution in [2.75, 3.05) is 42.5 Å². The van der Waals surface area contributed by atoms with Gasteiger partial charge in [-0.2, -0.15) is 0 Å². The van der Waals surface area contributed by atoms with E-state index in [0.29, 0.717) is 47.5 Å². The number of hydrogen-bond acceptors (Lipinski definition) is 6. The number of nitrogens with one attached hydrogen (secondary N) is 1. The van der Waals surface area contributed by atoms with Gasteiger partial charge in [0, 0.05) is 61.1 Å². The molecule has 8 rings (SSSR count). The maximum absolute atomic E-state index is 13.4. The van der Waals surface area contributed by atoms with E-state index < -0.39 is 15.9 Å². The van der Waals surface area contributed by atoms with Crippen molar-refractivity contribution >= 4 is 44.8 Å². The maximum Gasteiger partial charge on any atom is 0.267 e. The lowest BCUT2D eigenvalue weighted by Gasteiger charge is -2.53. The number of carbonyl (C=O) groups is 2. The number of fused-ring (bicyclic) bond motifs is 2. The van der Waals surface area contributed by atoms with Gasteiger partial charge in [0.05, 0.1) is 10.5 Å². The molecule has 0 unspecified atom stereocenters. The van der Waals surface area contributed by atoms with E-state index in [2.05, 4.69) is 32.7 Å². The minimum Gasteiger partial charge on any atom is -0.368 e. The van der Waals surface area contributed by atoms with Crippen molar-refractivity contribution in [3.05, 3.63) is 113 Å². The Kier molecular flexibility index (Phi) is 8.32. The number of carbonyl (C=O) groups excluding carboxylic acids is 2. The highest BCUT2D eigenvalue weighted by Crippen LogP contribution is 2.51. The molecule has 3 saturated heterocycles. The van der Waals surface area contributed by atoms with Crippen molar-refractivity contribution in [3.63, 3.8) is 0 Å². The van der Waals surface area contributed by atoms with E-state index in [-0.39, 0.29) is 16.2 Å². The van der Waals surface area contributed by atoms with Crippen LogP contribution in [0.25, 0.3) is 11.1 Å². The largest absolute Gasteiger partial charge is 0.368 e. The number of benzene rings is 4. The van der Waals surface area contributed by atoms with Gasteiger partial charge in [-0.1, -0.05) is 67.1 Å². The Morgan fingerprint density at radius 1 is 0.872 bits per heavy atom. The molecule has 3 heterocycles. The second-order valence-corrected chi connectivity index (χ2v) is 15.2. The minimum absolute atomic E-state index is 0.0274. The highest BCUT2D eigenvalue weighted by Gasteiger charge is 2.53. The van der Waals surface area contributed by atoms with E-state index in [1.807, 2.05) is 49.4 Å². The van der Waals surface area contributed by atoms with Gasteiger partial charge in [0.1, 0.15) is 0 Å². The molecular formula is C37H37ClN4O4S. The number of piperazine rings is 1. The van der Waals surface area contributed by atoms with Crippen LogP contribution in [-0.2, 0) is 21.4 Å². The highest BCUT2D eigenvalue weighted by atomic mass is 35.5. The summed E-state index contributed by atoms with van der Waals surface area (Å²) in [6, 6.07) is 29.6. The monoisotopic (exact) mass is 668 g/mol.